The monoisotopic (exact) mass is 275 g/mol. The van der Waals surface area contributed by atoms with Crippen molar-refractivity contribution in [3.63, 3.8) is 0 Å². The summed E-state index contributed by atoms with van der Waals surface area (Å²) in [6.07, 6.45) is -0.355. The predicted molar refractivity (Wildman–Crippen MR) is 72.1 cm³/mol. The normalized spacial score (nSPS) is 14.0. The molecule has 0 aliphatic rings. The summed E-state index contributed by atoms with van der Waals surface area (Å²) >= 11 is 0. The Balaban J connectivity index is 4.56. The van der Waals surface area contributed by atoms with Crippen molar-refractivity contribution in [3.05, 3.63) is 0 Å². The van der Waals surface area contributed by atoms with Crippen molar-refractivity contribution in [1.82, 2.24) is 15.1 Å². The number of carbonyl (C=O) groups excluding carboxylic acids is 1. The number of hydrogen-bond acceptors (Lipinski definition) is 4. The van der Waals surface area contributed by atoms with E-state index < -0.39 is 24.1 Å². The molecule has 0 saturated heterocycles. The number of amides is 2. The van der Waals surface area contributed by atoms with Crippen LogP contribution in [0.1, 0.15) is 20.3 Å². The summed E-state index contributed by atoms with van der Waals surface area (Å²) in [5.74, 6) is -1.24. The Morgan fingerprint density at radius 2 is 1.79 bits per heavy atom. The molecule has 2 amide bonds. The van der Waals surface area contributed by atoms with E-state index in [1.54, 1.807) is 4.90 Å². The van der Waals surface area contributed by atoms with Crippen molar-refractivity contribution < 1.29 is 19.8 Å². The van der Waals surface area contributed by atoms with Gasteiger partial charge in [0.05, 0.1) is 6.10 Å². The largest absolute Gasteiger partial charge is 0.480 e. The Labute approximate surface area is 114 Å². The fraction of sp³-hybridized carbons (Fsp3) is 0.833. The molecule has 0 spiro atoms. The third-order valence-electron chi connectivity index (χ3n) is 2.63. The van der Waals surface area contributed by atoms with Crippen LogP contribution in [0.5, 0.6) is 0 Å². The molecule has 0 heterocycles. The minimum Gasteiger partial charge on any atom is -0.480 e. The molecule has 0 rings (SSSR count). The second-order valence-corrected chi connectivity index (χ2v) is 4.80. The number of likely N-dealkylation sites (N-methyl/N-ethyl adjacent to an activating group) is 1. The van der Waals surface area contributed by atoms with Gasteiger partial charge in [-0.05, 0) is 27.4 Å². The molecule has 0 radical (unpaired) electrons. The highest BCUT2D eigenvalue weighted by atomic mass is 16.4. The Hall–Kier alpha value is -1.34. The molecule has 0 saturated carbocycles. The fourth-order valence-electron chi connectivity index (χ4n) is 1.52. The third kappa shape index (κ3) is 6.97. The number of nitrogens with zero attached hydrogens (tertiary/aromatic N) is 2. The van der Waals surface area contributed by atoms with Crippen LogP contribution in [0.4, 0.5) is 4.79 Å². The molecular formula is C12H25N3O4. The highest BCUT2D eigenvalue weighted by Gasteiger charge is 2.26. The fourth-order valence-corrected chi connectivity index (χ4v) is 1.52. The standard InChI is InChI=1S/C12H25N3O4/c1-5-6-15(8-7-14(3)4)12(19)13-10(9(2)16)11(17)18/h9-10,16H,5-8H2,1-4H3,(H,13,19)(H,17,18). The van der Waals surface area contributed by atoms with Gasteiger partial charge in [-0.3, -0.25) is 0 Å². The molecule has 0 aliphatic carbocycles. The molecule has 0 aromatic rings. The number of nitrogens with one attached hydrogen (secondary N) is 1. The lowest BCUT2D eigenvalue weighted by molar-refractivity contribution is -0.141. The number of carboxylic acid groups (broad SMARTS) is 1. The van der Waals surface area contributed by atoms with E-state index in [4.69, 9.17) is 5.11 Å². The lowest BCUT2D eigenvalue weighted by Gasteiger charge is -2.26. The van der Waals surface area contributed by atoms with E-state index in [-0.39, 0.29) is 0 Å². The van der Waals surface area contributed by atoms with Gasteiger partial charge in [0, 0.05) is 19.6 Å². The number of aliphatic hydroxyl groups is 1. The molecule has 7 nitrogen and oxygen atoms in total. The summed E-state index contributed by atoms with van der Waals surface area (Å²) in [6.45, 7) is 5.03. The zero-order valence-corrected chi connectivity index (χ0v) is 12.1. The van der Waals surface area contributed by atoms with Gasteiger partial charge in [0.1, 0.15) is 0 Å². The Bertz CT molecular complexity index is 295. The molecule has 0 aromatic carbocycles. The van der Waals surface area contributed by atoms with Gasteiger partial charge < -0.3 is 25.3 Å². The van der Waals surface area contributed by atoms with E-state index in [0.29, 0.717) is 19.6 Å². The number of aliphatic carboxylic acids is 1. The molecule has 19 heavy (non-hydrogen) atoms. The number of rotatable bonds is 8. The SMILES string of the molecule is CCCN(CCN(C)C)C(=O)NC(C(=O)O)C(C)O. The number of carbonyl (C=O) groups is 2. The molecule has 0 aromatic heterocycles. The average Bonchev–Trinajstić information content (AvgIpc) is 2.29. The van der Waals surface area contributed by atoms with Crippen LogP contribution in [-0.4, -0.2) is 77.9 Å². The van der Waals surface area contributed by atoms with Gasteiger partial charge in [0.15, 0.2) is 6.04 Å². The summed E-state index contributed by atoms with van der Waals surface area (Å²) in [5, 5.41) is 20.6. The summed E-state index contributed by atoms with van der Waals surface area (Å²) in [4.78, 5) is 26.4. The van der Waals surface area contributed by atoms with Gasteiger partial charge in [-0.1, -0.05) is 6.92 Å². The summed E-state index contributed by atoms with van der Waals surface area (Å²) in [5.41, 5.74) is 0. The van der Waals surface area contributed by atoms with Crippen LogP contribution >= 0.6 is 0 Å². The van der Waals surface area contributed by atoms with E-state index >= 15 is 0 Å². The summed E-state index contributed by atoms with van der Waals surface area (Å²) in [7, 11) is 3.80. The van der Waals surface area contributed by atoms with E-state index in [1.165, 1.54) is 6.92 Å². The van der Waals surface area contributed by atoms with Crippen LogP contribution in [0.25, 0.3) is 0 Å². The quantitative estimate of drug-likeness (QED) is 0.570. The zero-order chi connectivity index (χ0) is 15.0. The first-order chi connectivity index (χ1) is 8.79. The second kappa shape index (κ2) is 8.71. The first-order valence-corrected chi connectivity index (χ1v) is 6.40. The van der Waals surface area contributed by atoms with Crippen molar-refractivity contribution in [1.29, 1.82) is 0 Å². The molecule has 112 valence electrons. The van der Waals surface area contributed by atoms with Crippen LogP contribution in [0.2, 0.25) is 0 Å². The molecule has 2 atom stereocenters. The second-order valence-electron chi connectivity index (χ2n) is 4.80. The average molecular weight is 275 g/mol. The Morgan fingerprint density at radius 1 is 1.21 bits per heavy atom. The highest BCUT2D eigenvalue weighted by Crippen LogP contribution is 1.98. The van der Waals surface area contributed by atoms with Crippen LogP contribution in [-0.2, 0) is 4.79 Å². The van der Waals surface area contributed by atoms with Crippen LogP contribution in [0.3, 0.4) is 0 Å². The van der Waals surface area contributed by atoms with Gasteiger partial charge >= 0.3 is 12.0 Å². The van der Waals surface area contributed by atoms with Crippen molar-refractivity contribution in [3.8, 4) is 0 Å². The highest BCUT2D eigenvalue weighted by molar-refractivity contribution is 5.83. The molecule has 0 fully saturated rings. The van der Waals surface area contributed by atoms with Gasteiger partial charge in [-0.25, -0.2) is 9.59 Å². The molecule has 0 aliphatic heterocycles. The topological polar surface area (TPSA) is 93.1 Å². The van der Waals surface area contributed by atoms with Gasteiger partial charge in [0.25, 0.3) is 0 Å². The van der Waals surface area contributed by atoms with E-state index in [0.717, 1.165) is 6.42 Å². The number of aliphatic hydroxyl groups excluding tert-OH is 1. The van der Waals surface area contributed by atoms with Crippen molar-refractivity contribution in [2.75, 3.05) is 33.7 Å². The third-order valence-corrected chi connectivity index (χ3v) is 2.63. The van der Waals surface area contributed by atoms with Crippen molar-refractivity contribution in [2.45, 2.75) is 32.4 Å². The maximum absolute atomic E-state index is 12.0. The number of urea groups is 1. The van der Waals surface area contributed by atoms with Gasteiger partial charge in [-0.15, -0.1) is 0 Å². The van der Waals surface area contributed by atoms with Crippen molar-refractivity contribution in [2.24, 2.45) is 0 Å². The molecule has 2 unspecified atom stereocenters. The van der Waals surface area contributed by atoms with Crippen molar-refractivity contribution >= 4 is 12.0 Å². The summed E-state index contributed by atoms with van der Waals surface area (Å²) < 4.78 is 0. The lowest BCUT2D eigenvalue weighted by Crippen LogP contribution is -2.53. The van der Waals surface area contributed by atoms with Gasteiger partial charge in [0.2, 0.25) is 0 Å². The maximum atomic E-state index is 12.0. The first-order valence-electron chi connectivity index (χ1n) is 6.40. The minimum atomic E-state index is -1.29. The smallest absolute Gasteiger partial charge is 0.328 e. The molecular weight excluding hydrogens is 250 g/mol. The minimum absolute atomic E-state index is 0.461. The van der Waals surface area contributed by atoms with Crippen LogP contribution in [0, 0.1) is 0 Å². The predicted octanol–water partition coefficient (Wildman–Crippen LogP) is -0.196. The maximum Gasteiger partial charge on any atom is 0.328 e. The van der Waals surface area contributed by atoms with Crippen LogP contribution in [0.15, 0.2) is 0 Å². The summed E-state index contributed by atoms with van der Waals surface area (Å²) in [6, 6.07) is -1.75. The van der Waals surface area contributed by atoms with E-state index in [9.17, 15) is 14.7 Å². The molecule has 0 bridgehead atoms. The lowest BCUT2D eigenvalue weighted by atomic mass is 10.2. The first kappa shape index (κ1) is 17.7. The Morgan fingerprint density at radius 3 is 2.16 bits per heavy atom. The molecule has 3 N–H and O–H groups in total. The number of hydrogen-bond donors (Lipinski definition) is 3. The van der Waals surface area contributed by atoms with Crippen LogP contribution < -0.4 is 5.32 Å². The number of carboxylic acids is 1. The van der Waals surface area contributed by atoms with E-state index in [1.807, 2.05) is 25.9 Å². The zero-order valence-electron chi connectivity index (χ0n) is 12.1. The van der Waals surface area contributed by atoms with E-state index in [2.05, 4.69) is 5.32 Å². The Kier molecular flexibility index (Phi) is 8.09. The van der Waals surface area contributed by atoms with Gasteiger partial charge in [-0.2, -0.15) is 0 Å². The molecule has 7 heteroatoms.